The summed E-state index contributed by atoms with van der Waals surface area (Å²) in [5, 5.41) is 14.2. The number of hydrogen-bond donors (Lipinski definition) is 2. The highest BCUT2D eigenvalue weighted by molar-refractivity contribution is 6.00. The Kier molecular flexibility index (Phi) is 6.57. The molecule has 1 fully saturated rings. The van der Waals surface area contributed by atoms with Crippen LogP contribution in [0.15, 0.2) is 36.8 Å². The van der Waals surface area contributed by atoms with Crippen LogP contribution in [0.2, 0.25) is 0 Å². The Labute approximate surface area is 193 Å². The van der Waals surface area contributed by atoms with Crippen LogP contribution in [0.4, 0.5) is 5.82 Å². The second-order valence-electron chi connectivity index (χ2n) is 9.03. The molecule has 3 aromatic rings. The van der Waals surface area contributed by atoms with Crippen molar-refractivity contribution in [3.8, 4) is 11.3 Å². The van der Waals surface area contributed by atoms with E-state index in [1.807, 2.05) is 26.2 Å². The van der Waals surface area contributed by atoms with Gasteiger partial charge in [0.25, 0.3) is 5.91 Å². The van der Waals surface area contributed by atoms with Gasteiger partial charge in [-0.1, -0.05) is 19.8 Å². The number of aryl methyl sites for hydroxylation is 3. The number of amides is 2. The fourth-order valence-electron chi connectivity index (χ4n) is 4.60. The fraction of sp³-hybridized carbons (Fsp3) is 0.458. The minimum Gasteiger partial charge on any atom is -0.339 e. The summed E-state index contributed by atoms with van der Waals surface area (Å²) in [5.41, 5.74) is 3.39. The van der Waals surface area contributed by atoms with E-state index in [1.54, 1.807) is 36.3 Å². The summed E-state index contributed by atoms with van der Waals surface area (Å²) in [6, 6.07) is 4.70. The van der Waals surface area contributed by atoms with Crippen LogP contribution >= 0.6 is 0 Å². The lowest BCUT2D eigenvalue weighted by molar-refractivity contribution is -0.119. The van der Waals surface area contributed by atoms with Gasteiger partial charge in [-0.05, 0) is 55.4 Å². The van der Waals surface area contributed by atoms with Gasteiger partial charge in [0.2, 0.25) is 5.91 Å². The number of pyridine rings is 1. The topological polar surface area (TPSA) is 107 Å². The van der Waals surface area contributed by atoms with E-state index in [9.17, 15) is 9.59 Å². The minimum absolute atomic E-state index is 0.0785. The van der Waals surface area contributed by atoms with E-state index in [4.69, 9.17) is 0 Å². The lowest BCUT2D eigenvalue weighted by Crippen LogP contribution is -2.49. The summed E-state index contributed by atoms with van der Waals surface area (Å²) in [6.07, 6.45) is 9.01. The number of carbonyl (C=O) groups is 2. The zero-order valence-electron chi connectivity index (χ0n) is 19.6. The van der Waals surface area contributed by atoms with Crippen molar-refractivity contribution in [2.45, 2.75) is 45.6 Å². The van der Waals surface area contributed by atoms with Gasteiger partial charge in [0.05, 0.1) is 11.9 Å². The second-order valence-corrected chi connectivity index (χ2v) is 9.03. The predicted molar refractivity (Wildman–Crippen MR) is 125 cm³/mol. The largest absolute Gasteiger partial charge is 0.339 e. The van der Waals surface area contributed by atoms with Crippen LogP contribution in [-0.2, 0) is 18.9 Å². The van der Waals surface area contributed by atoms with E-state index in [0.29, 0.717) is 17.4 Å². The number of aromatic nitrogens is 5. The van der Waals surface area contributed by atoms with Crippen molar-refractivity contribution in [2.75, 3.05) is 5.32 Å². The summed E-state index contributed by atoms with van der Waals surface area (Å²) < 4.78 is 3.31. The first-order valence-corrected chi connectivity index (χ1v) is 11.4. The van der Waals surface area contributed by atoms with Crippen molar-refractivity contribution in [2.24, 2.45) is 25.9 Å². The molecule has 9 heteroatoms. The van der Waals surface area contributed by atoms with Gasteiger partial charge in [0.15, 0.2) is 0 Å². The molecule has 3 aromatic heterocycles. The van der Waals surface area contributed by atoms with Crippen LogP contribution in [0.25, 0.3) is 11.3 Å². The number of nitrogens with zero attached hydrogens (tertiary/aromatic N) is 5. The van der Waals surface area contributed by atoms with Crippen LogP contribution in [-0.4, -0.2) is 42.4 Å². The molecule has 0 radical (unpaired) electrons. The Morgan fingerprint density at radius 1 is 1.03 bits per heavy atom. The monoisotopic (exact) mass is 449 g/mol. The molecule has 0 unspecified atom stereocenters. The van der Waals surface area contributed by atoms with Crippen LogP contribution in [0.5, 0.6) is 0 Å². The summed E-state index contributed by atoms with van der Waals surface area (Å²) in [7, 11) is 3.60. The van der Waals surface area contributed by atoms with Crippen molar-refractivity contribution in [3.63, 3.8) is 0 Å². The molecule has 0 aliphatic heterocycles. The first-order chi connectivity index (χ1) is 15.8. The van der Waals surface area contributed by atoms with E-state index >= 15 is 0 Å². The summed E-state index contributed by atoms with van der Waals surface area (Å²) in [4.78, 5) is 30.6. The van der Waals surface area contributed by atoms with Gasteiger partial charge < -0.3 is 10.6 Å². The third-order valence-electron chi connectivity index (χ3n) is 6.56. The molecule has 1 atom stereocenters. The first-order valence-electron chi connectivity index (χ1n) is 11.4. The Morgan fingerprint density at radius 3 is 2.36 bits per heavy atom. The zero-order valence-corrected chi connectivity index (χ0v) is 19.6. The predicted octanol–water partition coefficient (Wildman–Crippen LogP) is 3.09. The van der Waals surface area contributed by atoms with Crippen molar-refractivity contribution < 1.29 is 9.59 Å². The normalized spacial score (nSPS) is 19.2. The number of carbonyl (C=O) groups excluding carboxylic acids is 2. The molecule has 2 amide bonds. The molecule has 0 bridgehead atoms. The molecule has 0 saturated heterocycles. The molecule has 1 aliphatic rings. The number of rotatable bonds is 6. The van der Waals surface area contributed by atoms with E-state index in [1.165, 1.54) is 4.68 Å². The van der Waals surface area contributed by atoms with Gasteiger partial charge in [-0.25, -0.2) is 4.98 Å². The van der Waals surface area contributed by atoms with E-state index in [0.717, 1.165) is 42.5 Å². The van der Waals surface area contributed by atoms with Crippen LogP contribution in [0, 0.1) is 18.8 Å². The number of hydrogen-bond acceptors (Lipinski definition) is 5. The minimum atomic E-state index is -0.638. The van der Waals surface area contributed by atoms with Gasteiger partial charge in [0, 0.05) is 32.1 Å². The lowest BCUT2D eigenvalue weighted by Gasteiger charge is -2.32. The number of nitrogens with one attached hydrogen (secondary N) is 2. The van der Waals surface area contributed by atoms with Gasteiger partial charge in [-0.15, -0.1) is 0 Å². The molecule has 2 N–H and O–H groups in total. The second kappa shape index (κ2) is 9.56. The van der Waals surface area contributed by atoms with Crippen LogP contribution in [0.1, 0.15) is 48.7 Å². The third kappa shape index (κ3) is 4.97. The van der Waals surface area contributed by atoms with Gasteiger partial charge in [0.1, 0.15) is 17.6 Å². The number of anilines is 1. The molecular formula is C24H31N7O2. The average molecular weight is 450 g/mol. The van der Waals surface area contributed by atoms with Crippen molar-refractivity contribution in [3.05, 3.63) is 48.0 Å². The highest BCUT2D eigenvalue weighted by atomic mass is 16.2. The van der Waals surface area contributed by atoms with Gasteiger partial charge in [-0.2, -0.15) is 10.2 Å². The quantitative estimate of drug-likeness (QED) is 0.601. The molecule has 1 saturated carbocycles. The molecule has 1 aliphatic carbocycles. The molecule has 0 aromatic carbocycles. The Hall–Kier alpha value is -3.49. The third-order valence-corrected chi connectivity index (χ3v) is 6.56. The SMILES string of the molecule is Cc1cnn(C)c1-c1ccc(NC(=O)[C@@H](NC(=O)c2ccnn2C)[C@H]2CC[C@H](C)CC2)nc1. The zero-order chi connectivity index (χ0) is 23.5. The van der Waals surface area contributed by atoms with Crippen LogP contribution in [0.3, 0.4) is 0 Å². The average Bonchev–Trinajstić information content (AvgIpc) is 3.38. The van der Waals surface area contributed by atoms with Gasteiger partial charge in [-0.3, -0.25) is 19.0 Å². The van der Waals surface area contributed by atoms with Crippen molar-refractivity contribution in [1.82, 2.24) is 29.9 Å². The first kappa shape index (κ1) is 22.7. The van der Waals surface area contributed by atoms with E-state index < -0.39 is 6.04 Å². The van der Waals surface area contributed by atoms with Crippen molar-refractivity contribution >= 4 is 17.6 Å². The van der Waals surface area contributed by atoms with Gasteiger partial charge >= 0.3 is 0 Å². The standard InChI is InChI=1S/C24H31N7O2/c1-15-5-7-17(8-6-15)21(29-23(32)19-11-12-26-30(19)3)24(33)28-20-10-9-18(14-25-20)22-16(2)13-27-31(22)4/h9-15,17,21H,5-8H2,1-4H3,(H,29,32)(H,25,28,33)/t15-,17-,21-/m0/s1. The summed E-state index contributed by atoms with van der Waals surface area (Å²) in [5.74, 6) is 0.621. The molecule has 4 rings (SSSR count). The maximum Gasteiger partial charge on any atom is 0.270 e. The maximum absolute atomic E-state index is 13.3. The molecule has 3 heterocycles. The smallest absolute Gasteiger partial charge is 0.270 e. The lowest BCUT2D eigenvalue weighted by atomic mass is 9.79. The molecule has 33 heavy (non-hydrogen) atoms. The summed E-state index contributed by atoms with van der Waals surface area (Å²) in [6.45, 7) is 4.23. The highest BCUT2D eigenvalue weighted by Crippen LogP contribution is 2.31. The Morgan fingerprint density at radius 2 is 1.79 bits per heavy atom. The Balaban J connectivity index is 1.51. The molecule has 0 spiro atoms. The van der Waals surface area contributed by atoms with E-state index in [2.05, 4.69) is 32.7 Å². The molecule has 174 valence electrons. The summed E-state index contributed by atoms with van der Waals surface area (Å²) >= 11 is 0. The highest BCUT2D eigenvalue weighted by Gasteiger charge is 2.33. The molecular weight excluding hydrogens is 418 g/mol. The fourth-order valence-corrected chi connectivity index (χ4v) is 4.60. The van der Waals surface area contributed by atoms with Crippen molar-refractivity contribution in [1.29, 1.82) is 0 Å². The molecule has 9 nitrogen and oxygen atoms in total. The van der Waals surface area contributed by atoms with E-state index in [-0.39, 0.29) is 17.7 Å². The Bertz CT molecular complexity index is 1100. The maximum atomic E-state index is 13.3. The van der Waals surface area contributed by atoms with Crippen LogP contribution < -0.4 is 10.6 Å².